The number of hydrogen-bond acceptors (Lipinski definition) is 3. The molecule has 7 heteroatoms. The van der Waals surface area contributed by atoms with Crippen molar-refractivity contribution in [3.63, 3.8) is 0 Å². The Morgan fingerprint density at radius 1 is 1.33 bits per heavy atom. The number of rotatable bonds is 3. The van der Waals surface area contributed by atoms with Crippen molar-refractivity contribution in [3.05, 3.63) is 41.6 Å². The zero-order valence-corrected chi connectivity index (χ0v) is 10.7. The molecule has 1 heterocycles. The fourth-order valence-corrected chi connectivity index (χ4v) is 2.48. The number of sulfonamides is 1. The van der Waals surface area contributed by atoms with Gasteiger partial charge in [0.2, 0.25) is 0 Å². The third-order valence-electron chi connectivity index (χ3n) is 2.34. The molecule has 0 fully saturated rings. The van der Waals surface area contributed by atoms with Crippen LogP contribution < -0.4 is 4.72 Å². The Bertz CT molecular complexity index is 679. The second kappa shape index (κ2) is 4.41. The first-order valence-electron chi connectivity index (χ1n) is 5.19. The number of aryl methyl sites for hydroxylation is 2. The Morgan fingerprint density at radius 3 is 2.61 bits per heavy atom. The lowest BCUT2D eigenvalue weighted by Crippen LogP contribution is -2.14. The predicted molar refractivity (Wildman–Crippen MR) is 65.3 cm³/mol. The largest absolute Gasteiger partial charge is 0.332 e. The summed E-state index contributed by atoms with van der Waals surface area (Å²) in [6, 6.07) is 4.26. The summed E-state index contributed by atoms with van der Waals surface area (Å²) in [6.45, 7) is 3.35. The highest BCUT2D eigenvalue weighted by molar-refractivity contribution is 7.92. The van der Waals surface area contributed by atoms with Gasteiger partial charge in [-0.25, -0.2) is 9.37 Å². The van der Waals surface area contributed by atoms with E-state index in [1.807, 2.05) is 0 Å². The number of anilines is 1. The van der Waals surface area contributed by atoms with Crippen molar-refractivity contribution in [2.45, 2.75) is 18.9 Å². The molecule has 96 valence electrons. The molecular formula is C11H12FN3O2S. The zero-order chi connectivity index (χ0) is 13.3. The van der Waals surface area contributed by atoms with E-state index in [0.717, 1.165) is 0 Å². The van der Waals surface area contributed by atoms with Crippen LogP contribution in [0.2, 0.25) is 0 Å². The van der Waals surface area contributed by atoms with Crippen LogP contribution in [0.1, 0.15) is 11.4 Å². The highest BCUT2D eigenvalue weighted by Gasteiger charge is 2.18. The molecule has 0 aliphatic rings. The molecule has 1 aromatic carbocycles. The summed E-state index contributed by atoms with van der Waals surface area (Å²) in [4.78, 5) is 6.38. The molecule has 2 rings (SSSR count). The smallest absolute Gasteiger partial charge is 0.279 e. The van der Waals surface area contributed by atoms with Gasteiger partial charge in [0.1, 0.15) is 11.6 Å². The first kappa shape index (κ1) is 12.6. The summed E-state index contributed by atoms with van der Waals surface area (Å²) in [7, 11) is -3.84. The lowest BCUT2D eigenvalue weighted by Gasteiger charge is -2.07. The van der Waals surface area contributed by atoms with Crippen LogP contribution in [0.4, 0.5) is 10.1 Å². The zero-order valence-electron chi connectivity index (χ0n) is 9.86. The molecule has 0 aliphatic heterocycles. The Morgan fingerprint density at radius 2 is 2.06 bits per heavy atom. The molecule has 2 aromatic rings. The van der Waals surface area contributed by atoms with Crippen molar-refractivity contribution in [2.24, 2.45) is 0 Å². The Labute approximate surface area is 104 Å². The fourth-order valence-electron chi connectivity index (χ4n) is 1.44. The second-order valence-corrected chi connectivity index (χ2v) is 5.57. The molecule has 0 spiro atoms. The number of H-pyrrole nitrogens is 1. The molecule has 0 radical (unpaired) electrons. The van der Waals surface area contributed by atoms with Gasteiger partial charge >= 0.3 is 0 Å². The van der Waals surface area contributed by atoms with Crippen molar-refractivity contribution in [1.82, 2.24) is 9.97 Å². The van der Waals surface area contributed by atoms with Crippen molar-refractivity contribution >= 4 is 15.7 Å². The molecule has 0 saturated heterocycles. The minimum absolute atomic E-state index is 0.0900. The average molecular weight is 269 g/mol. The molecule has 0 aliphatic carbocycles. The average Bonchev–Trinajstić information content (AvgIpc) is 2.70. The van der Waals surface area contributed by atoms with Crippen LogP contribution in [-0.4, -0.2) is 18.4 Å². The van der Waals surface area contributed by atoms with E-state index in [0.29, 0.717) is 11.4 Å². The van der Waals surface area contributed by atoms with E-state index in [-0.39, 0.29) is 10.7 Å². The van der Waals surface area contributed by atoms with Gasteiger partial charge in [-0.05, 0) is 31.5 Å². The SMILES string of the molecule is Cc1ccc(NS(=O)(=O)c2cnc(C)[nH]2)c(F)c1. The third kappa shape index (κ3) is 2.51. The summed E-state index contributed by atoms with van der Waals surface area (Å²) in [5.74, 6) is -0.144. The van der Waals surface area contributed by atoms with E-state index < -0.39 is 15.8 Å². The van der Waals surface area contributed by atoms with Crippen LogP contribution in [0, 0.1) is 19.7 Å². The molecule has 0 amide bonds. The number of hydrogen-bond donors (Lipinski definition) is 2. The summed E-state index contributed by atoms with van der Waals surface area (Å²) in [6.07, 6.45) is 1.18. The number of nitrogens with one attached hydrogen (secondary N) is 2. The van der Waals surface area contributed by atoms with Gasteiger partial charge in [-0.2, -0.15) is 8.42 Å². The lowest BCUT2D eigenvalue weighted by atomic mass is 10.2. The highest BCUT2D eigenvalue weighted by Crippen LogP contribution is 2.19. The maximum Gasteiger partial charge on any atom is 0.279 e. The van der Waals surface area contributed by atoms with Gasteiger partial charge in [0, 0.05) is 0 Å². The second-order valence-electron chi connectivity index (χ2n) is 3.92. The van der Waals surface area contributed by atoms with E-state index in [9.17, 15) is 12.8 Å². The van der Waals surface area contributed by atoms with E-state index in [1.165, 1.54) is 18.3 Å². The van der Waals surface area contributed by atoms with Crippen LogP contribution in [0.15, 0.2) is 29.4 Å². The number of benzene rings is 1. The van der Waals surface area contributed by atoms with Gasteiger partial charge < -0.3 is 4.98 Å². The number of aromatic nitrogens is 2. The van der Waals surface area contributed by atoms with E-state index in [1.54, 1.807) is 19.9 Å². The van der Waals surface area contributed by atoms with Crippen LogP contribution in [0.5, 0.6) is 0 Å². The minimum Gasteiger partial charge on any atom is -0.332 e. The van der Waals surface area contributed by atoms with Gasteiger partial charge in [-0.1, -0.05) is 6.07 Å². The van der Waals surface area contributed by atoms with Gasteiger partial charge in [0.15, 0.2) is 5.03 Å². The van der Waals surface area contributed by atoms with E-state index in [2.05, 4.69) is 14.7 Å². The van der Waals surface area contributed by atoms with E-state index in [4.69, 9.17) is 0 Å². The number of imidazole rings is 1. The molecule has 1 aromatic heterocycles. The molecular weight excluding hydrogens is 257 g/mol. The topological polar surface area (TPSA) is 74.8 Å². The number of halogens is 1. The molecule has 0 saturated carbocycles. The van der Waals surface area contributed by atoms with Crippen LogP contribution in [0.25, 0.3) is 0 Å². The van der Waals surface area contributed by atoms with Crippen molar-refractivity contribution in [3.8, 4) is 0 Å². The highest BCUT2D eigenvalue weighted by atomic mass is 32.2. The fraction of sp³-hybridized carbons (Fsp3) is 0.182. The third-order valence-corrected chi connectivity index (χ3v) is 3.61. The van der Waals surface area contributed by atoms with Crippen LogP contribution in [0.3, 0.4) is 0 Å². The van der Waals surface area contributed by atoms with Crippen molar-refractivity contribution < 1.29 is 12.8 Å². The number of aromatic amines is 1. The first-order valence-corrected chi connectivity index (χ1v) is 6.67. The van der Waals surface area contributed by atoms with Crippen LogP contribution >= 0.6 is 0 Å². The summed E-state index contributed by atoms with van der Waals surface area (Å²) < 4.78 is 39.5. The van der Waals surface area contributed by atoms with Crippen LogP contribution in [-0.2, 0) is 10.0 Å². The standard InChI is InChI=1S/C11H12FN3O2S/c1-7-3-4-10(9(12)5-7)15-18(16,17)11-6-13-8(2)14-11/h3-6,15H,1-2H3,(H,13,14). The summed E-state index contributed by atoms with van der Waals surface area (Å²) >= 11 is 0. The van der Waals surface area contributed by atoms with Crippen molar-refractivity contribution in [2.75, 3.05) is 4.72 Å². The Hall–Kier alpha value is -1.89. The molecule has 0 atom stereocenters. The van der Waals surface area contributed by atoms with Gasteiger partial charge in [0.25, 0.3) is 10.0 Å². The maximum atomic E-state index is 13.5. The summed E-state index contributed by atoms with van der Waals surface area (Å²) in [5.41, 5.74) is 0.626. The minimum atomic E-state index is -3.84. The predicted octanol–water partition coefficient (Wildman–Crippen LogP) is 1.97. The molecule has 5 nitrogen and oxygen atoms in total. The maximum absolute atomic E-state index is 13.5. The van der Waals surface area contributed by atoms with Gasteiger partial charge in [-0.15, -0.1) is 0 Å². The molecule has 18 heavy (non-hydrogen) atoms. The number of nitrogens with zero attached hydrogens (tertiary/aromatic N) is 1. The lowest BCUT2D eigenvalue weighted by molar-refractivity contribution is 0.595. The van der Waals surface area contributed by atoms with Gasteiger partial charge in [-0.3, -0.25) is 4.72 Å². The van der Waals surface area contributed by atoms with Crippen molar-refractivity contribution in [1.29, 1.82) is 0 Å². The summed E-state index contributed by atoms with van der Waals surface area (Å²) in [5, 5.41) is -0.0972. The quantitative estimate of drug-likeness (QED) is 0.894. The molecule has 2 N–H and O–H groups in total. The first-order chi connectivity index (χ1) is 8.38. The van der Waals surface area contributed by atoms with E-state index >= 15 is 0 Å². The molecule has 0 bridgehead atoms. The monoisotopic (exact) mass is 269 g/mol. The normalized spacial score (nSPS) is 11.5. The van der Waals surface area contributed by atoms with Gasteiger partial charge in [0.05, 0.1) is 11.9 Å². The Kier molecular flexibility index (Phi) is 3.08. The molecule has 0 unspecified atom stereocenters. The Balaban J connectivity index is 2.33.